The minimum Gasteiger partial charge on any atom is -0.457 e. The predicted molar refractivity (Wildman–Crippen MR) is 66.9 cm³/mol. The largest absolute Gasteiger partial charge is 0.457 e. The Bertz CT molecular complexity index is 614. The first-order valence-corrected chi connectivity index (χ1v) is 5.66. The van der Waals surface area contributed by atoms with Gasteiger partial charge in [-0.15, -0.1) is 0 Å². The van der Waals surface area contributed by atoms with Crippen molar-refractivity contribution in [1.29, 1.82) is 0 Å². The average Bonchev–Trinajstić information content (AvgIpc) is 2.34. The van der Waals surface area contributed by atoms with E-state index in [4.69, 9.17) is 10.5 Å². The second kappa shape index (κ2) is 5.98. The number of esters is 1. The van der Waals surface area contributed by atoms with Gasteiger partial charge in [-0.05, 0) is 6.42 Å². The van der Waals surface area contributed by atoms with Crippen LogP contribution in [0.1, 0.15) is 30.1 Å². The summed E-state index contributed by atoms with van der Waals surface area (Å²) in [5.74, 6) is -1.54. The van der Waals surface area contributed by atoms with Crippen LogP contribution in [0.2, 0.25) is 0 Å². The highest BCUT2D eigenvalue weighted by atomic mass is 16.5. The lowest BCUT2D eigenvalue weighted by atomic mass is 10.2. The number of ketones is 1. The van der Waals surface area contributed by atoms with E-state index in [0.29, 0.717) is 6.42 Å². The van der Waals surface area contributed by atoms with Crippen LogP contribution in [0.4, 0.5) is 5.82 Å². The molecule has 0 atom stereocenters. The van der Waals surface area contributed by atoms with Crippen molar-refractivity contribution in [2.45, 2.75) is 19.8 Å². The van der Waals surface area contributed by atoms with Gasteiger partial charge in [-0.1, -0.05) is 6.92 Å². The molecular weight excluding hydrogens is 254 g/mol. The first-order valence-electron chi connectivity index (χ1n) is 5.66. The summed E-state index contributed by atoms with van der Waals surface area (Å²) >= 11 is 0. The van der Waals surface area contributed by atoms with Crippen molar-refractivity contribution < 1.29 is 14.3 Å². The monoisotopic (exact) mass is 269 g/mol. The minimum absolute atomic E-state index is 0.187. The second-order valence-electron chi connectivity index (χ2n) is 3.91. The summed E-state index contributed by atoms with van der Waals surface area (Å²) in [7, 11) is 1.31. The third kappa shape index (κ3) is 3.30. The maximum Gasteiger partial charge on any atom is 0.329 e. The lowest BCUT2D eigenvalue weighted by molar-refractivity contribution is -0.142. The van der Waals surface area contributed by atoms with Crippen LogP contribution in [-0.4, -0.2) is 27.9 Å². The number of nitrogens with one attached hydrogen (secondary N) is 1. The normalized spacial score (nSPS) is 10.2. The number of hydrogen-bond acceptors (Lipinski definition) is 6. The highest BCUT2D eigenvalue weighted by Gasteiger charge is 2.19. The van der Waals surface area contributed by atoms with Crippen LogP contribution < -0.4 is 17.0 Å². The zero-order valence-corrected chi connectivity index (χ0v) is 10.7. The fraction of sp³-hybridized carbons (Fsp3) is 0.455. The van der Waals surface area contributed by atoms with E-state index in [1.807, 2.05) is 4.98 Å². The van der Waals surface area contributed by atoms with Crippen molar-refractivity contribution in [3.05, 3.63) is 26.4 Å². The van der Waals surface area contributed by atoms with Gasteiger partial charge < -0.3 is 10.5 Å². The molecule has 0 amide bonds. The number of nitrogens with zero attached hydrogens (tertiary/aromatic N) is 1. The summed E-state index contributed by atoms with van der Waals surface area (Å²) in [6, 6.07) is 0. The zero-order chi connectivity index (χ0) is 14.6. The summed E-state index contributed by atoms with van der Waals surface area (Å²) in [4.78, 5) is 47.6. The molecule has 0 aromatic carbocycles. The number of ether oxygens (including phenoxy) is 1. The number of rotatable bonds is 5. The third-order valence-electron chi connectivity index (χ3n) is 2.47. The number of carbonyl (C=O) groups is 2. The quantitative estimate of drug-likeness (QED) is 0.531. The number of carbonyl (C=O) groups excluding carboxylic acids is 2. The molecule has 8 nitrogen and oxygen atoms in total. The zero-order valence-electron chi connectivity index (χ0n) is 10.7. The van der Waals surface area contributed by atoms with E-state index in [0.717, 1.165) is 4.57 Å². The van der Waals surface area contributed by atoms with Gasteiger partial charge in [0.25, 0.3) is 5.56 Å². The van der Waals surface area contributed by atoms with E-state index < -0.39 is 29.6 Å². The highest BCUT2D eigenvalue weighted by Crippen LogP contribution is 2.04. The van der Waals surface area contributed by atoms with Gasteiger partial charge in [-0.2, -0.15) is 0 Å². The van der Waals surface area contributed by atoms with Crippen molar-refractivity contribution in [3.8, 4) is 0 Å². The number of nitrogens with two attached hydrogens (primary N) is 1. The first-order chi connectivity index (χ1) is 8.88. The predicted octanol–water partition coefficient (Wildman–Crippen LogP) is -0.818. The van der Waals surface area contributed by atoms with Gasteiger partial charge in [0.15, 0.2) is 6.61 Å². The number of nitrogen functional groups attached to an aromatic ring is 1. The lowest BCUT2D eigenvalue weighted by Crippen LogP contribution is -2.35. The molecule has 0 saturated carbocycles. The van der Waals surface area contributed by atoms with Gasteiger partial charge in [0.05, 0.1) is 0 Å². The van der Waals surface area contributed by atoms with Crippen LogP contribution in [0.15, 0.2) is 9.59 Å². The summed E-state index contributed by atoms with van der Waals surface area (Å²) in [6.45, 7) is 1.21. The molecule has 1 heterocycles. The van der Waals surface area contributed by atoms with Crippen molar-refractivity contribution in [2.24, 2.45) is 7.05 Å². The summed E-state index contributed by atoms with van der Waals surface area (Å²) in [5.41, 5.74) is 3.54. The topological polar surface area (TPSA) is 124 Å². The molecule has 0 spiro atoms. The van der Waals surface area contributed by atoms with Gasteiger partial charge in [0.1, 0.15) is 11.4 Å². The molecule has 0 aliphatic rings. The Balaban J connectivity index is 2.96. The third-order valence-corrected chi connectivity index (χ3v) is 2.47. The van der Waals surface area contributed by atoms with Gasteiger partial charge in [-0.3, -0.25) is 23.9 Å². The molecule has 0 aliphatic heterocycles. The van der Waals surface area contributed by atoms with Gasteiger partial charge in [-0.25, -0.2) is 4.79 Å². The second-order valence-corrected chi connectivity index (χ2v) is 3.91. The maximum absolute atomic E-state index is 11.8. The Labute approximate surface area is 108 Å². The number of Topliss-reactive ketones (excluding diaryl/α,β-unsaturated/α-hetero) is 1. The van der Waals surface area contributed by atoms with Crippen LogP contribution in [0.3, 0.4) is 0 Å². The summed E-state index contributed by atoms with van der Waals surface area (Å²) in [6.07, 6.45) is 0.780. The Morgan fingerprint density at radius 2 is 2.00 bits per heavy atom. The Kier molecular flexibility index (Phi) is 4.62. The summed E-state index contributed by atoms with van der Waals surface area (Å²) < 4.78 is 5.63. The minimum atomic E-state index is -0.892. The molecule has 1 aromatic rings. The van der Waals surface area contributed by atoms with E-state index in [1.54, 1.807) is 6.92 Å². The number of H-pyrrole nitrogens is 1. The Morgan fingerprint density at radius 3 is 2.58 bits per heavy atom. The first kappa shape index (κ1) is 14.7. The number of hydrogen-bond donors (Lipinski definition) is 2. The molecule has 0 bridgehead atoms. The van der Waals surface area contributed by atoms with Crippen LogP contribution in [0.5, 0.6) is 0 Å². The van der Waals surface area contributed by atoms with E-state index >= 15 is 0 Å². The van der Waals surface area contributed by atoms with Crippen molar-refractivity contribution >= 4 is 17.6 Å². The van der Waals surface area contributed by atoms with Crippen LogP contribution >= 0.6 is 0 Å². The lowest BCUT2D eigenvalue weighted by Gasteiger charge is -2.08. The van der Waals surface area contributed by atoms with Crippen LogP contribution in [0.25, 0.3) is 0 Å². The number of aromatic nitrogens is 2. The van der Waals surface area contributed by atoms with Gasteiger partial charge >= 0.3 is 11.7 Å². The molecule has 1 aromatic heterocycles. The fourth-order valence-electron chi connectivity index (χ4n) is 1.40. The highest BCUT2D eigenvalue weighted by molar-refractivity contribution is 6.01. The molecule has 104 valence electrons. The number of aromatic amines is 1. The van der Waals surface area contributed by atoms with Crippen molar-refractivity contribution in [2.75, 3.05) is 12.3 Å². The molecule has 0 fully saturated rings. The molecule has 3 N–H and O–H groups in total. The molecule has 0 radical (unpaired) electrons. The molecule has 8 heteroatoms. The van der Waals surface area contributed by atoms with E-state index in [2.05, 4.69) is 0 Å². The molecular formula is C11H15N3O5. The smallest absolute Gasteiger partial charge is 0.329 e. The van der Waals surface area contributed by atoms with Crippen LogP contribution in [-0.2, 0) is 16.6 Å². The maximum atomic E-state index is 11.8. The molecule has 1 rings (SSSR count). The van der Waals surface area contributed by atoms with Gasteiger partial charge in [0, 0.05) is 13.5 Å². The van der Waals surface area contributed by atoms with Crippen LogP contribution in [0, 0.1) is 0 Å². The van der Waals surface area contributed by atoms with Gasteiger partial charge in [0.2, 0.25) is 5.78 Å². The SMILES string of the molecule is CCCC(=O)OCC(=O)c1c(N)n(C)c(=O)[nH]c1=O. The molecule has 0 saturated heterocycles. The molecule has 0 aliphatic carbocycles. The summed E-state index contributed by atoms with van der Waals surface area (Å²) in [5, 5.41) is 0. The number of anilines is 1. The Hall–Kier alpha value is -2.38. The van der Waals surface area contributed by atoms with E-state index in [9.17, 15) is 19.2 Å². The molecule has 0 unspecified atom stereocenters. The van der Waals surface area contributed by atoms with E-state index in [1.165, 1.54) is 7.05 Å². The average molecular weight is 269 g/mol. The van der Waals surface area contributed by atoms with Crippen molar-refractivity contribution in [1.82, 2.24) is 9.55 Å². The van der Waals surface area contributed by atoms with E-state index in [-0.39, 0.29) is 17.8 Å². The Morgan fingerprint density at radius 1 is 1.37 bits per heavy atom. The molecule has 19 heavy (non-hydrogen) atoms. The standard InChI is InChI=1S/C11H15N3O5/c1-3-4-7(16)19-5-6(15)8-9(12)14(2)11(18)13-10(8)17/h3-5,12H2,1-2H3,(H,13,17,18). The van der Waals surface area contributed by atoms with Crippen molar-refractivity contribution in [3.63, 3.8) is 0 Å². The fourth-order valence-corrected chi connectivity index (χ4v) is 1.40.